The van der Waals surface area contributed by atoms with Crippen LogP contribution in [0.25, 0.3) is 33.6 Å². The van der Waals surface area contributed by atoms with E-state index in [1.165, 1.54) is 4.90 Å². The van der Waals surface area contributed by atoms with Crippen LogP contribution in [0.2, 0.25) is 0 Å². The van der Waals surface area contributed by atoms with Gasteiger partial charge in [-0.15, -0.1) is 10.2 Å². The average molecular weight is 916 g/mol. The number of unbranched alkanes of at least 4 members (excludes halogenated alkanes) is 1. The van der Waals surface area contributed by atoms with E-state index in [1.807, 2.05) is 124 Å². The summed E-state index contributed by atoms with van der Waals surface area (Å²) in [5, 5.41) is 35.7. The number of benzene rings is 4. The number of aliphatic carboxylic acids is 2. The number of carbonyl (C=O) groups is 5. The molecule has 4 N–H and O–H groups in total. The Bertz CT molecular complexity index is 2200. The van der Waals surface area contributed by atoms with E-state index in [4.69, 9.17) is 9.84 Å². The minimum absolute atomic E-state index is 0. The van der Waals surface area contributed by atoms with Crippen molar-refractivity contribution in [2.24, 2.45) is 11.8 Å². The molecule has 0 bridgehead atoms. The van der Waals surface area contributed by atoms with Crippen molar-refractivity contribution in [2.45, 2.75) is 98.2 Å². The number of nitrogens with zero attached hydrogens (tertiary/aromatic N) is 4. The van der Waals surface area contributed by atoms with Crippen LogP contribution in [0.15, 0.2) is 103 Å². The second-order valence-electron chi connectivity index (χ2n) is 15.4. The van der Waals surface area contributed by atoms with Crippen LogP contribution in [-0.2, 0) is 41.7 Å². The third-order valence-corrected chi connectivity index (χ3v) is 10.2. The van der Waals surface area contributed by atoms with E-state index in [0.717, 1.165) is 51.8 Å². The molecular formula is C48H58N6Na3O8+3. The molecule has 1 aromatic heterocycles. The van der Waals surface area contributed by atoms with Gasteiger partial charge in [-0.25, -0.2) is 4.79 Å². The Labute approximate surface area is 448 Å². The second kappa shape index (κ2) is 31.3. The molecule has 0 aliphatic rings. The zero-order valence-corrected chi connectivity index (χ0v) is 45.1. The minimum Gasteiger partial charge on any atom is -0.481 e. The molecule has 0 saturated heterocycles. The smallest absolute Gasteiger partial charge is 0.481 e. The van der Waals surface area contributed by atoms with Crippen LogP contribution in [0.3, 0.4) is 0 Å². The maximum Gasteiger partial charge on any atom is 1.00 e. The molecule has 5 rings (SSSR count). The summed E-state index contributed by atoms with van der Waals surface area (Å²) in [6, 6.07) is 32.5. The molecule has 5 aromatic rings. The Hall–Kier alpha value is -3.70. The Balaban J connectivity index is 0.000000623. The number of tetrazole rings is 1. The second-order valence-corrected chi connectivity index (χ2v) is 15.4. The number of hydrogen-bond donors (Lipinski definition) is 4. The predicted octanol–water partition coefficient (Wildman–Crippen LogP) is -0.991. The van der Waals surface area contributed by atoms with Gasteiger partial charge in [0.2, 0.25) is 17.6 Å². The van der Waals surface area contributed by atoms with Crippen LogP contribution < -0.4 is 94.0 Å². The van der Waals surface area contributed by atoms with Crippen LogP contribution >= 0.6 is 0 Å². The largest absolute Gasteiger partial charge is 1.00 e. The van der Waals surface area contributed by atoms with Gasteiger partial charge in [-0.2, -0.15) is 5.21 Å². The molecule has 0 fully saturated rings. The van der Waals surface area contributed by atoms with Gasteiger partial charge in [0.25, 0.3) is 0 Å². The summed E-state index contributed by atoms with van der Waals surface area (Å²) in [4.78, 5) is 61.2. The molecular weight excluding hydrogens is 858 g/mol. The quantitative estimate of drug-likeness (QED) is 0.0520. The van der Waals surface area contributed by atoms with Gasteiger partial charge in [0.15, 0.2) is 0 Å². The fourth-order valence-corrected chi connectivity index (χ4v) is 7.05. The number of amides is 2. The molecule has 4 aromatic carbocycles. The molecule has 0 aliphatic heterocycles. The summed E-state index contributed by atoms with van der Waals surface area (Å²) in [5.41, 5.74) is 6.91. The van der Waals surface area contributed by atoms with Crippen LogP contribution in [-0.4, -0.2) is 84.1 Å². The molecule has 14 nitrogen and oxygen atoms in total. The summed E-state index contributed by atoms with van der Waals surface area (Å²) < 4.78 is 5.07. The number of aromatic nitrogens is 4. The van der Waals surface area contributed by atoms with Crippen molar-refractivity contribution in [3.8, 4) is 33.6 Å². The Morgan fingerprint density at radius 2 is 1.31 bits per heavy atom. The molecule has 17 heteroatoms. The third kappa shape index (κ3) is 19.6. The first-order valence-electron chi connectivity index (χ1n) is 21.1. The molecule has 328 valence electrons. The van der Waals surface area contributed by atoms with Gasteiger partial charge >= 0.3 is 107 Å². The van der Waals surface area contributed by atoms with Crippen molar-refractivity contribution < 1.29 is 128 Å². The van der Waals surface area contributed by atoms with Crippen molar-refractivity contribution in [1.82, 2.24) is 30.8 Å². The Morgan fingerprint density at radius 1 is 0.723 bits per heavy atom. The molecule has 3 unspecified atom stereocenters. The molecule has 0 saturated carbocycles. The summed E-state index contributed by atoms with van der Waals surface area (Å²) in [6.45, 7) is 9.76. The number of H-pyrrole nitrogens is 1. The van der Waals surface area contributed by atoms with Gasteiger partial charge in [-0.1, -0.05) is 137 Å². The number of rotatable bonds is 21. The number of nitrogens with one attached hydrogen (secondary N) is 2. The summed E-state index contributed by atoms with van der Waals surface area (Å²) in [6.07, 6.45) is 2.61. The van der Waals surface area contributed by atoms with E-state index in [0.29, 0.717) is 31.7 Å². The Kier molecular flexibility index (Phi) is 28.6. The van der Waals surface area contributed by atoms with Crippen molar-refractivity contribution in [3.63, 3.8) is 0 Å². The van der Waals surface area contributed by atoms with Gasteiger partial charge < -0.3 is 25.2 Å². The molecule has 3 atom stereocenters. The fraction of sp³-hybridized carbons (Fsp3) is 0.375. The van der Waals surface area contributed by atoms with E-state index in [9.17, 15) is 29.1 Å². The van der Waals surface area contributed by atoms with Gasteiger partial charge in [-0.05, 0) is 70.7 Å². The zero-order valence-electron chi connectivity index (χ0n) is 39.1. The van der Waals surface area contributed by atoms with Crippen LogP contribution in [0.5, 0.6) is 0 Å². The zero-order chi connectivity index (χ0) is 45.0. The normalized spacial score (nSPS) is 11.7. The fourth-order valence-electron chi connectivity index (χ4n) is 7.05. The van der Waals surface area contributed by atoms with Gasteiger partial charge in [0.05, 0.1) is 18.9 Å². The van der Waals surface area contributed by atoms with Crippen LogP contribution in [0.1, 0.15) is 84.3 Å². The number of carbonyl (C=O) groups excluding carboxylic acids is 3. The number of ether oxygens (including phenoxy) is 1. The van der Waals surface area contributed by atoms with Crippen LogP contribution in [0.4, 0.5) is 0 Å². The first-order valence-corrected chi connectivity index (χ1v) is 21.1. The predicted molar refractivity (Wildman–Crippen MR) is 236 cm³/mol. The van der Waals surface area contributed by atoms with E-state index in [1.54, 1.807) is 13.8 Å². The van der Waals surface area contributed by atoms with Gasteiger partial charge in [0.1, 0.15) is 6.04 Å². The van der Waals surface area contributed by atoms with Gasteiger partial charge in [0, 0.05) is 31.0 Å². The SMILES string of the molecule is CCCCC(=O)N(Cc1ccc(-c2ccccc2-c2nn[nH]n2)cc1)C(C(=O)O)C(C)C.CCOC(=O)C(C)CC(Cc1ccc(-c2ccccc2)cc1)NC(=O)CCC(=O)O.[Na+].[Na+].[Na+]. The molecule has 0 spiro atoms. The standard InChI is InChI=1S/C24H29N5O3.C24H29NO5.3Na/c1-4-5-10-21(30)29(22(16(2)3)24(31)32)15-17-11-13-18(14-12-17)19-8-6-7-9-20(19)23-25-27-28-26-23;1-3-30-24(29)17(2)15-21(25-22(26)13-14-23(27)28)16-18-9-11-20(12-10-18)19-7-5-4-6-8-19;;;/h6-9,11-14,16,22H,4-5,10,15H2,1-3H3,(H,31,32)(H,25,26,27,28);4-12,17,21H,3,13-16H2,1-2H3,(H,25,26)(H,27,28);;;/q;;3*+1. The number of aromatic amines is 1. The average Bonchev–Trinajstić information content (AvgIpc) is 3.81. The molecule has 0 aliphatic carbocycles. The van der Waals surface area contributed by atoms with E-state index in [2.05, 4.69) is 25.9 Å². The first kappa shape index (κ1) is 59.3. The van der Waals surface area contributed by atoms with Gasteiger partial charge in [-0.3, -0.25) is 19.2 Å². The Morgan fingerprint density at radius 3 is 1.86 bits per heavy atom. The van der Waals surface area contributed by atoms with E-state index < -0.39 is 18.0 Å². The van der Waals surface area contributed by atoms with Crippen molar-refractivity contribution in [3.05, 3.63) is 114 Å². The number of esters is 1. The topological polar surface area (TPSA) is 205 Å². The van der Waals surface area contributed by atoms with Crippen molar-refractivity contribution >= 4 is 29.7 Å². The summed E-state index contributed by atoms with van der Waals surface area (Å²) in [5.74, 6) is -2.81. The monoisotopic (exact) mass is 915 g/mol. The van der Waals surface area contributed by atoms with Crippen molar-refractivity contribution in [1.29, 1.82) is 0 Å². The first-order chi connectivity index (χ1) is 29.8. The third-order valence-electron chi connectivity index (χ3n) is 10.2. The van der Waals surface area contributed by atoms with E-state index in [-0.39, 0.29) is 144 Å². The molecule has 2 amide bonds. The maximum atomic E-state index is 12.9. The maximum absolute atomic E-state index is 12.9. The van der Waals surface area contributed by atoms with E-state index >= 15 is 0 Å². The van der Waals surface area contributed by atoms with Crippen molar-refractivity contribution in [2.75, 3.05) is 6.61 Å². The molecule has 65 heavy (non-hydrogen) atoms. The molecule has 0 radical (unpaired) electrons. The summed E-state index contributed by atoms with van der Waals surface area (Å²) in [7, 11) is 0. The molecule has 1 heterocycles. The minimum atomic E-state index is -1.02. The number of carboxylic acid groups (broad SMARTS) is 2. The number of hydrogen-bond acceptors (Lipinski definition) is 9. The summed E-state index contributed by atoms with van der Waals surface area (Å²) >= 11 is 0. The van der Waals surface area contributed by atoms with Crippen LogP contribution in [0, 0.1) is 11.8 Å². The number of carboxylic acids is 2.